The molecule has 0 heterocycles. The predicted molar refractivity (Wildman–Crippen MR) is 70.7 cm³/mol. The minimum absolute atomic E-state index is 0.778. The lowest BCUT2D eigenvalue weighted by Crippen LogP contribution is -2.19. The van der Waals surface area contributed by atoms with Crippen molar-refractivity contribution in [2.24, 2.45) is 9.98 Å². The van der Waals surface area contributed by atoms with Gasteiger partial charge in [-0.15, -0.1) is 0 Å². The molecule has 0 N–H and O–H groups in total. The van der Waals surface area contributed by atoms with Crippen LogP contribution in [0.1, 0.15) is 19.4 Å². The summed E-state index contributed by atoms with van der Waals surface area (Å²) in [5.74, 6) is 1.73. The number of para-hydroxylation sites is 1. The van der Waals surface area contributed by atoms with Crippen LogP contribution in [-0.4, -0.2) is 30.7 Å². The molecule has 0 atom stereocenters. The van der Waals surface area contributed by atoms with Crippen LogP contribution in [0.25, 0.3) is 0 Å². The van der Waals surface area contributed by atoms with Crippen molar-refractivity contribution in [2.45, 2.75) is 20.8 Å². The molecule has 0 fully saturated rings. The molecule has 0 aliphatic carbocycles. The summed E-state index contributed by atoms with van der Waals surface area (Å²) >= 11 is 0. The van der Waals surface area contributed by atoms with Crippen molar-refractivity contribution in [3.8, 4) is 0 Å². The first kappa shape index (κ1) is 12.4. The van der Waals surface area contributed by atoms with E-state index in [1.165, 1.54) is 5.56 Å². The molecule has 1 aromatic carbocycles. The Morgan fingerprint density at radius 2 is 1.75 bits per heavy atom. The standard InChI is InChI=1S/C13H19N3/c1-10-8-6-7-9-13(10)15-11(2)14-12(3)16(4)5/h6-9H,1-5H3. The zero-order chi connectivity index (χ0) is 12.1. The number of hydrogen-bond donors (Lipinski definition) is 0. The average molecular weight is 217 g/mol. The maximum Gasteiger partial charge on any atom is 0.127 e. The molecule has 1 rings (SSSR count). The van der Waals surface area contributed by atoms with Gasteiger partial charge in [0.25, 0.3) is 0 Å². The van der Waals surface area contributed by atoms with Gasteiger partial charge in [-0.3, -0.25) is 0 Å². The Kier molecular flexibility index (Phi) is 4.23. The fraction of sp³-hybridized carbons (Fsp3) is 0.385. The van der Waals surface area contributed by atoms with Gasteiger partial charge >= 0.3 is 0 Å². The summed E-state index contributed by atoms with van der Waals surface area (Å²) in [5.41, 5.74) is 2.15. The molecule has 0 aliphatic rings. The third-order valence-corrected chi connectivity index (χ3v) is 2.37. The van der Waals surface area contributed by atoms with Crippen LogP contribution in [0.3, 0.4) is 0 Å². The summed E-state index contributed by atoms with van der Waals surface area (Å²) in [6.07, 6.45) is 0. The summed E-state index contributed by atoms with van der Waals surface area (Å²) in [4.78, 5) is 10.9. The van der Waals surface area contributed by atoms with Crippen LogP contribution in [0.4, 0.5) is 5.69 Å². The second kappa shape index (κ2) is 5.45. The molecule has 0 radical (unpaired) electrons. The molecular formula is C13H19N3. The lowest BCUT2D eigenvalue weighted by atomic mass is 10.2. The van der Waals surface area contributed by atoms with Crippen LogP contribution < -0.4 is 0 Å². The van der Waals surface area contributed by atoms with E-state index < -0.39 is 0 Å². The third kappa shape index (κ3) is 3.50. The molecule has 0 aromatic heterocycles. The molecule has 0 aliphatic heterocycles. The van der Waals surface area contributed by atoms with E-state index in [4.69, 9.17) is 0 Å². The van der Waals surface area contributed by atoms with Crippen LogP contribution >= 0.6 is 0 Å². The maximum atomic E-state index is 4.48. The zero-order valence-corrected chi connectivity index (χ0v) is 10.7. The average Bonchev–Trinajstić information content (AvgIpc) is 2.21. The number of benzene rings is 1. The van der Waals surface area contributed by atoms with Crippen molar-refractivity contribution in [1.29, 1.82) is 0 Å². The highest BCUT2D eigenvalue weighted by Crippen LogP contribution is 2.17. The van der Waals surface area contributed by atoms with E-state index in [2.05, 4.69) is 23.0 Å². The van der Waals surface area contributed by atoms with E-state index in [9.17, 15) is 0 Å². The van der Waals surface area contributed by atoms with Crippen molar-refractivity contribution >= 4 is 17.4 Å². The zero-order valence-electron chi connectivity index (χ0n) is 10.7. The number of aliphatic imine (C=N–C) groups is 2. The van der Waals surface area contributed by atoms with E-state index in [1.807, 2.05) is 51.0 Å². The van der Waals surface area contributed by atoms with Crippen molar-refractivity contribution in [3.63, 3.8) is 0 Å². The van der Waals surface area contributed by atoms with E-state index in [0.717, 1.165) is 17.4 Å². The molecule has 0 saturated heterocycles. The lowest BCUT2D eigenvalue weighted by Gasteiger charge is -2.10. The van der Waals surface area contributed by atoms with Gasteiger partial charge in [0.05, 0.1) is 5.69 Å². The molecule has 1 aromatic rings. The summed E-state index contributed by atoms with van der Waals surface area (Å²) in [7, 11) is 3.94. The number of rotatable bonds is 1. The third-order valence-electron chi connectivity index (χ3n) is 2.37. The smallest absolute Gasteiger partial charge is 0.127 e. The number of aryl methyl sites for hydroxylation is 1. The summed E-state index contributed by atoms with van der Waals surface area (Å²) < 4.78 is 0. The van der Waals surface area contributed by atoms with Crippen molar-refractivity contribution in [2.75, 3.05) is 14.1 Å². The Morgan fingerprint density at radius 3 is 2.31 bits per heavy atom. The van der Waals surface area contributed by atoms with Gasteiger partial charge < -0.3 is 4.90 Å². The molecule has 0 saturated carbocycles. The van der Waals surface area contributed by atoms with Crippen LogP contribution in [0, 0.1) is 6.92 Å². The molecule has 3 heteroatoms. The Bertz CT molecular complexity index is 417. The minimum atomic E-state index is 0.778. The highest BCUT2D eigenvalue weighted by atomic mass is 15.1. The molecule has 0 unspecified atom stereocenters. The molecular weight excluding hydrogens is 198 g/mol. The summed E-state index contributed by atoms with van der Waals surface area (Å²) in [5, 5.41) is 0. The highest BCUT2D eigenvalue weighted by molar-refractivity contribution is 5.95. The van der Waals surface area contributed by atoms with Gasteiger partial charge in [0, 0.05) is 14.1 Å². The van der Waals surface area contributed by atoms with Crippen molar-refractivity contribution in [3.05, 3.63) is 29.8 Å². The van der Waals surface area contributed by atoms with E-state index in [-0.39, 0.29) is 0 Å². The molecule has 86 valence electrons. The molecule has 3 nitrogen and oxygen atoms in total. The van der Waals surface area contributed by atoms with Crippen LogP contribution in [0.5, 0.6) is 0 Å². The van der Waals surface area contributed by atoms with Gasteiger partial charge in [0.1, 0.15) is 11.7 Å². The lowest BCUT2D eigenvalue weighted by molar-refractivity contribution is 0.619. The Labute approximate surface area is 97.5 Å². The van der Waals surface area contributed by atoms with Crippen molar-refractivity contribution < 1.29 is 0 Å². The van der Waals surface area contributed by atoms with Gasteiger partial charge in [0.2, 0.25) is 0 Å². The quantitative estimate of drug-likeness (QED) is 0.525. The van der Waals surface area contributed by atoms with E-state index in [0.29, 0.717) is 0 Å². The van der Waals surface area contributed by atoms with Gasteiger partial charge in [-0.2, -0.15) is 0 Å². The number of nitrogens with zero attached hydrogens (tertiary/aromatic N) is 3. The fourth-order valence-corrected chi connectivity index (χ4v) is 1.22. The normalized spacial score (nSPS) is 12.8. The van der Waals surface area contributed by atoms with Gasteiger partial charge in [-0.25, -0.2) is 9.98 Å². The summed E-state index contributed by atoms with van der Waals surface area (Å²) in [6.45, 7) is 5.94. The number of hydrogen-bond acceptors (Lipinski definition) is 1. The predicted octanol–water partition coefficient (Wildman–Crippen LogP) is 3.02. The Hall–Kier alpha value is -1.64. The largest absolute Gasteiger partial charge is 0.366 e. The SMILES string of the molecule is CC(=Nc1ccccc1C)N=C(C)N(C)C. The molecule has 0 spiro atoms. The van der Waals surface area contributed by atoms with Gasteiger partial charge in [-0.05, 0) is 32.4 Å². The fourth-order valence-electron chi connectivity index (χ4n) is 1.22. The van der Waals surface area contributed by atoms with E-state index >= 15 is 0 Å². The van der Waals surface area contributed by atoms with Crippen LogP contribution in [-0.2, 0) is 0 Å². The molecule has 0 bridgehead atoms. The minimum Gasteiger partial charge on any atom is -0.366 e. The first-order valence-corrected chi connectivity index (χ1v) is 5.34. The maximum absolute atomic E-state index is 4.48. The molecule has 0 amide bonds. The Balaban J connectivity index is 2.94. The van der Waals surface area contributed by atoms with Crippen LogP contribution in [0.15, 0.2) is 34.3 Å². The van der Waals surface area contributed by atoms with Crippen LogP contribution in [0.2, 0.25) is 0 Å². The second-order valence-electron chi connectivity index (χ2n) is 4.00. The Morgan fingerprint density at radius 1 is 1.12 bits per heavy atom. The number of amidine groups is 2. The van der Waals surface area contributed by atoms with Gasteiger partial charge in [0.15, 0.2) is 0 Å². The van der Waals surface area contributed by atoms with Gasteiger partial charge in [-0.1, -0.05) is 18.2 Å². The summed E-state index contributed by atoms with van der Waals surface area (Å²) in [6, 6.07) is 8.05. The molecule has 16 heavy (non-hydrogen) atoms. The first-order valence-electron chi connectivity index (χ1n) is 5.34. The van der Waals surface area contributed by atoms with Crippen molar-refractivity contribution in [1.82, 2.24) is 4.90 Å². The first-order chi connectivity index (χ1) is 7.50. The van der Waals surface area contributed by atoms with E-state index in [1.54, 1.807) is 0 Å². The topological polar surface area (TPSA) is 28.0 Å². The monoisotopic (exact) mass is 217 g/mol. The highest BCUT2D eigenvalue weighted by Gasteiger charge is 1.97. The second-order valence-corrected chi connectivity index (χ2v) is 4.00.